The highest BCUT2D eigenvalue weighted by Crippen LogP contribution is 2.33. The summed E-state index contributed by atoms with van der Waals surface area (Å²) in [5, 5.41) is 24.3. The van der Waals surface area contributed by atoms with Gasteiger partial charge in [-0.25, -0.2) is 5.43 Å². The summed E-state index contributed by atoms with van der Waals surface area (Å²) in [6.07, 6.45) is 1.37. The van der Waals surface area contributed by atoms with Gasteiger partial charge >= 0.3 is 0 Å². The van der Waals surface area contributed by atoms with Gasteiger partial charge in [0.25, 0.3) is 11.6 Å². The number of halogens is 1. The fraction of sp³-hybridized carbons (Fsp3) is 0.125. The molecule has 0 unspecified atom stereocenters. The number of phenols is 1. The Labute approximate surface area is 161 Å². The molecule has 0 heterocycles. The lowest BCUT2D eigenvalue weighted by atomic mass is 10.1. The van der Waals surface area contributed by atoms with E-state index in [0.717, 1.165) is 21.8 Å². The van der Waals surface area contributed by atoms with Gasteiger partial charge in [0.2, 0.25) is 0 Å². The lowest BCUT2D eigenvalue weighted by Gasteiger charge is -2.10. The minimum Gasteiger partial charge on any atom is -0.507 e. The molecule has 0 aromatic heterocycles. The topological polar surface area (TPSA) is 123 Å². The molecule has 0 radical (unpaired) electrons. The fourth-order valence-corrected chi connectivity index (χ4v) is 2.90. The lowest BCUT2D eigenvalue weighted by Crippen LogP contribution is -2.18. The second-order valence-electron chi connectivity index (χ2n) is 4.90. The van der Waals surface area contributed by atoms with Crippen molar-refractivity contribution < 1.29 is 24.3 Å². The van der Waals surface area contributed by atoms with Crippen molar-refractivity contribution >= 4 is 40.4 Å². The molecule has 26 heavy (non-hydrogen) atoms. The predicted molar refractivity (Wildman–Crippen MR) is 102 cm³/mol. The maximum absolute atomic E-state index is 12.1. The smallest absolute Gasteiger partial charge is 0.275 e. The molecule has 2 N–H and O–H groups in total. The molecule has 0 saturated heterocycles. The Balaban J connectivity index is 2.18. The van der Waals surface area contributed by atoms with Gasteiger partial charge in [0.1, 0.15) is 5.75 Å². The summed E-state index contributed by atoms with van der Waals surface area (Å²) in [6, 6.07) is 6.58. The zero-order valence-corrected chi connectivity index (χ0v) is 15.9. The van der Waals surface area contributed by atoms with E-state index in [4.69, 9.17) is 9.47 Å². The number of ether oxygens (including phenoxy) is 2. The summed E-state index contributed by atoms with van der Waals surface area (Å²) in [5.41, 5.74) is 2.28. The average Bonchev–Trinajstić information content (AvgIpc) is 2.61. The molecule has 0 aliphatic heterocycles. The highest BCUT2D eigenvalue weighted by Gasteiger charge is 2.16. The van der Waals surface area contributed by atoms with E-state index in [1.54, 1.807) is 12.1 Å². The first-order valence-electron chi connectivity index (χ1n) is 7.09. The van der Waals surface area contributed by atoms with E-state index in [1.807, 2.05) is 0 Å². The van der Waals surface area contributed by atoms with Crippen molar-refractivity contribution in [1.82, 2.24) is 5.43 Å². The first-order valence-corrected chi connectivity index (χ1v) is 8.17. The molecular formula is C16H14IN3O6. The number of hydrazone groups is 1. The minimum absolute atomic E-state index is 0.252. The summed E-state index contributed by atoms with van der Waals surface area (Å²) < 4.78 is 11.3. The van der Waals surface area contributed by atoms with Crippen LogP contribution >= 0.6 is 22.6 Å². The van der Waals surface area contributed by atoms with Gasteiger partial charge in [-0.05, 0) is 46.4 Å². The highest BCUT2D eigenvalue weighted by molar-refractivity contribution is 14.1. The second-order valence-corrected chi connectivity index (χ2v) is 6.06. The second kappa shape index (κ2) is 8.47. The van der Waals surface area contributed by atoms with Gasteiger partial charge in [-0.2, -0.15) is 5.10 Å². The Hall–Kier alpha value is -2.89. The van der Waals surface area contributed by atoms with Gasteiger partial charge < -0.3 is 14.6 Å². The number of nitro benzene ring substituents is 1. The number of methoxy groups -OCH3 is 2. The van der Waals surface area contributed by atoms with Crippen LogP contribution in [-0.2, 0) is 0 Å². The molecule has 0 atom stereocenters. The number of rotatable bonds is 6. The molecule has 1 amide bonds. The van der Waals surface area contributed by atoms with Gasteiger partial charge in [0.15, 0.2) is 11.5 Å². The minimum atomic E-state index is -0.780. The third-order valence-electron chi connectivity index (χ3n) is 3.27. The number of phenolic OH excluding ortho intramolecular Hbond substituents is 1. The molecule has 10 heteroatoms. The number of amides is 1. The molecule has 136 valence electrons. The molecule has 9 nitrogen and oxygen atoms in total. The van der Waals surface area contributed by atoms with E-state index in [9.17, 15) is 20.0 Å². The van der Waals surface area contributed by atoms with Crippen LogP contribution in [0.25, 0.3) is 0 Å². The van der Waals surface area contributed by atoms with E-state index in [0.29, 0.717) is 17.1 Å². The summed E-state index contributed by atoms with van der Waals surface area (Å²) in [4.78, 5) is 22.2. The molecule has 0 aliphatic rings. The maximum atomic E-state index is 12.1. The Bertz CT molecular complexity index is 885. The molecule has 2 aromatic rings. The van der Waals surface area contributed by atoms with Gasteiger partial charge in [-0.3, -0.25) is 14.9 Å². The van der Waals surface area contributed by atoms with Crippen LogP contribution in [-0.4, -0.2) is 36.4 Å². The molecule has 0 aliphatic carbocycles. The molecule has 2 rings (SSSR count). The number of hydrogen-bond donors (Lipinski definition) is 2. The first-order chi connectivity index (χ1) is 12.4. The Morgan fingerprint density at radius 2 is 2.04 bits per heavy atom. The van der Waals surface area contributed by atoms with E-state index in [-0.39, 0.29) is 17.0 Å². The number of benzene rings is 2. The number of non-ortho nitro benzene ring substituents is 1. The summed E-state index contributed by atoms with van der Waals surface area (Å²) >= 11 is 2.07. The van der Waals surface area contributed by atoms with Gasteiger partial charge in [-0.1, -0.05) is 0 Å². The van der Waals surface area contributed by atoms with Crippen molar-refractivity contribution in [2.45, 2.75) is 0 Å². The van der Waals surface area contributed by atoms with Crippen molar-refractivity contribution in [2.24, 2.45) is 5.10 Å². The number of nitro groups is 1. The number of carbonyl (C=O) groups is 1. The third-order valence-corrected chi connectivity index (χ3v) is 4.07. The standard InChI is InChI=1S/C16H14IN3O6/c1-25-14-6-9(5-12(17)15(14)26-2)8-18-19-16(22)11-7-10(20(23)24)3-4-13(11)21/h3-8,21H,1-2H3,(H,19,22)/b18-8+. The van der Waals surface area contributed by atoms with Crippen LogP contribution in [0, 0.1) is 13.7 Å². The Kier molecular flexibility index (Phi) is 6.33. The molecule has 0 fully saturated rings. The average molecular weight is 471 g/mol. The molecule has 0 spiro atoms. The van der Waals surface area contributed by atoms with Gasteiger partial charge in [0.05, 0.1) is 34.5 Å². The summed E-state index contributed by atoms with van der Waals surface area (Å²) in [6.45, 7) is 0. The van der Waals surface area contributed by atoms with Crippen LogP contribution < -0.4 is 14.9 Å². The van der Waals surface area contributed by atoms with Crippen LogP contribution in [0.4, 0.5) is 5.69 Å². The molecule has 0 bridgehead atoms. The third kappa shape index (κ3) is 4.39. The van der Waals surface area contributed by atoms with E-state index in [2.05, 4.69) is 33.1 Å². The van der Waals surface area contributed by atoms with Crippen molar-refractivity contribution in [2.75, 3.05) is 14.2 Å². The number of hydrogen-bond acceptors (Lipinski definition) is 7. The van der Waals surface area contributed by atoms with Gasteiger partial charge in [0, 0.05) is 12.1 Å². The summed E-state index contributed by atoms with van der Waals surface area (Å²) in [5.74, 6) is -0.0825. The zero-order chi connectivity index (χ0) is 19.3. The van der Waals surface area contributed by atoms with E-state index < -0.39 is 10.8 Å². The van der Waals surface area contributed by atoms with Crippen LogP contribution in [0.5, 0.6) is 17.2 Å². The number of nitrogens with zero attached hydrogens (tertiary/aromatic N) is 2. The lowest BCUT2D eigenvalue weighted by molar-refractivity contribution is -0.384. The van der Waals surface area contributed by atoms with Crippen LogP contribution in [0.1, 0.15) is 15.9 Å². The SMILES string of the molecule is COc1cc(/C=N/NC(=O)c2cc([N+](=O)[O-])ccc2O)cc(I)c1OC. The predicted octanol–water partition coefficient (Wildman–Crippen LogP) is 2.69. The molecular weight excluding hydrogens is 457 g/mol. The van der Waals surface area contributed by atoms with Crippen molar-refractivity contribution in [3.05, 3.63) is 55.1 Å². The number of nitrogens with one attached hydrogen (secondary N) is 1. The van der Waals surface area contributed by atoms with Crippen molar-refractivity contribution in [3.8, 4) is 17.2 Å². The molecule has 2 aromatic carbocycles. The molecule has 0 saturated carbocycles. The highest BCUT2D eigenvalue weighted by atomic mass is 127. The van der Waals surface area contributed by atoms with Crippen molar-refractivity contribution in [1.29, 1.82) is 0 Å². The fourth-order valence-electron chi connectivity index (χ4n) is 2.06. The van der Waals surface area contributed by atoms with E-state index >= 15 is 0 Å². The van der Waals surface area contributed by atoms with Crippen LogP contribution in [0.2, 0.25) is 0 Å². The quantitative estimate of drug-likeness (QED) is 0.289. The summed E-state index contributed by atoms with van der Waals surface area (Å²) in [7, 11) is 3.03. The first kappa shape index (κ1) is 19.4. The zero-order valence-electron chi connectivity index (χ0n) is 13.7. The maximum Gasteiger partial charge on any atom is 0.275 e. The van der Waals surface area contributed by atoms with E-state index in [1.165, 1.54) is 20.4 Å². The Morgan fingerprint density at radius 3 is 2.65 bits per heavy atom. The Morgan fingerprint density at radius 1 is 1.31 bits per heavy atom. The van der Waals surface area contributed by atoms with Gasteiger partial charge in [-0.15, -0.1) is 0 Å². The number of carbonyl (C=O) groups excluding carboxylic acids is 1. The monoisotopic (exact) mass is 471 g/mol. The number of aromatic hydroxyl groups is 1. The van der Waals surface area contributed by atoms with Crippen LogP contribution in [0.3, 0.4) is 0 Å². The normalized spacial score (nSPS) is 10.6. The largest absolute Gasteiger partial charge is 0.507 e. The van der Waals surface area contributed by atoms with Crippen molar-refractivity contribution in [3.63, 3.8) is 0 Å². The van der Waals surface area contributed by atoms with Crippen LogP contribution in [0.15, 0.2) is 35.4 Å².